The van der Waals surface area contributed by atoms with Crippen LogP contribution in [0.15, 0.2) is 16.8 Å². The van der Waals surface area contributed by atoms with Crippen LogP contribution in [0.3, 0.4) is 0 Å². The van der Waals surface area contributed by atoms with Crippen LogP contribution < -0.4 is 5.73 Å². The van der Waals surface area contributed by atoms with Gasteiger partial charge in [-0.1, -0.05) is 19.3 Å². The van der Waals surface area contributed by atoms with Crippen molar-refractivity contribution >= 4 is 11.3 Å². The highest BCUT2D eigenvalue weighted by Crippen LogP contribution is 2.40. The minimum absolute atomic E-state index is 0.0407. The molecule has 1 aliphatic rings. The van der Waals surface area contributed by atoms with E-state index < -0.39 is 0 Å². The number of thiophene rings is 1. The van der Waals surface area contributed by atoms with Crippen LogP contribution in [0, 0.1) is 0 Å². The molecule has 1 aromatic heterocycles. The zero-order valence-corrected chi connectivity index (χ0v) is 10.8. The van der Waals surface area contributed by atoms with Crippen molar-refractivity contribution in [3.05, 3.63) is 22.4 Å². The van der Waals surface area contributed by atoms with Crippen LogP contribution in [0.4, 0.5) is 0 Å². The Kier molecular flexibility index (Phi) is 4.00. The Labute approximate surface area is 102 Å². The Morgan fingerprint density at radius 1 is 1.44 bits per heavy atom. The number of ether oxygens (including phenoxy) is 1. The summed E-state index contributed by atoms with van der Waals surface area (Å²) in [6.07, 6.45) is 6.04. The van der Waals surface area contributed by atoms with E-state index in [0.29, 0.717) is 0 Å². The van der Waals surface area contributed by atoms with Gasteiger partial charge in [0.1, 0.15) is 0 Å². The summed E-state index contributed by atoms with van der Waals surface area (Å²) in [7, 11) is 0. The highest BCUT2D eigenvalue weighted by Gasteiger charge is 2.39. The van der Waals surface area contributed by atoms with E-state index in [1.165, 1.54) is 24.8 Å². The monoisotopic (exact) mass is 239 g/mol. The molecule has 3 heteroatoms. The van der Waals surface area contributed by atoms with Gasteiger partial charge < -0.3 is 10.5 Å². The third kappa shape index (κ3) is 2.31. The molecular weight excluding hydrogens is 218 g/mol. The summed E-state index contributed by atoms with van der Waals surface area (Å²) < 4.78 is 6.04. The van der Waals surface area contributed by atoms with Crippen molar-refractivity contribution < 1.29 is 4.74 Å². The van der Waals surface area contributed by atoms with E-state index in [4.69, 9.17) is 10.5 Å². The molecule has 0 spiro atoms. The van der Waals surface area contributed by atoms with E-state index in [2.05, 4.69) is 23.8 Å². The fourth-order valence-corrected chi connectivity index (χ4v) is 3.44. The van der Waals surface area contributed by atoms with Crippen molar-refractivity contribution in [1.29, 1.82) is 0 Å². The SMILES string of the molecule is CCOC1(C(N)c2ccsc2)CCCCC1. The molecule has 2 rings (SSSR count). The minimum Gasteiger partial charge on any atom is -0.373 e. The summed E-state index contributed by atoms with van der Waals surface area (Å²) in [5.41, 5.74) is 7.55. The molecule has 1 aromatic rings. The van der Waals surface area contributed by atoms with Crippen molar-refractivity contribution in [3.8, 4) is 0 Å². The van der Waals surface area contributed by atoms with Gasteiger partial charge in [0.2, 0.25) is 0 Å². The highest BCUT2D eigenvalue weighted by atomic mass is 32.1. The fourth-order valence-electron chi connectivity index (χ4n) is 2.74. The van der Waals surface area contributed by atoms with Crippen molar-refractivity contribution in [2.24, 2.45) is 5.73 Å². The van der Waals surface area contributed by atoms with Crippen LogP contribution in [0.25, 0.3) is 0 Å². The summed E-state index contributed by atoms with van der Waals surface area (Å²) in [6, 6.07) is 2.17. The highest BCUT2D eigenvalue weighted by molar-refractivity contribution is 7.07. The lowest BCUT2D eigenvalue weighted by atomic mass is 9.77. The molecule has 1 saturated carbocycles. The van der Waals surface area contributed by atoms with Gasteiger partial charge in [-0.3, -0.25) is 0 Å². The average Bonchev–Trinajstić information content (AvgIpc) is 2.83. The van der Waals surface area contributed by atoms with E-state index >= 15 is 0 Å². The Morgan fingerprint density at radius 3 is 2.75 bits per heavy atom. The van der Waals surface area contributed by atoms with Gasteiger partial charge in [0.15, 0.2) is 0 Å². The topological polar surface area (TPSA) is 35.2 Å². The van der Waals surface area contributed by atoms with Gasteiger partial charge in [0.05, 0.1) is 11.6 Å². The molecule has 0 aromatic carbocycles. The van der Waals surface area contributed by atoms with Gasteiger partial charge in [-0.2, -0.15) is 11.3 Å². The van der Waals surface area contributed by atoms with Crippen molar-refractivity contribution in [2.75, 3.05) is 6.61 Å². The van der Waals surface area contributed by atoms with E-state index in [1.54, 1.807) is 11.3 Å². The second-order valence-corrected chi connectivity index (χ2v) is 5.37. The Hall–Kier alpha value is -0.380. The first kappa shape index (κ1) is 12.1. The summed E-state index contributed by atoms with van der Waals surface area (Å²) in [6.45, 7) is 2.83. The maximum Gasteiger partial charge on any atom is 0.0874 e. The second-order valence-electron chi connectivity index (χ2n) is 4.59. The minimum atomic E-state index is -0.103. The third-order valence-electron chi connectivity index (χ3n) is 3.60. The molecule has 90 valence electrons. The molecule has 0 amide bonds. The molecule has 1 heterocycles. The Morgan fingerprint density at radius 2 is 2.19 bits per heavy atom. The van der Waals surface area contributed by atoms with E-state index in [9.17, 15) is 0 Å². The molecule has 1 aliphatic carbocycles. The maximum absolute atomic E-state index is 6.42. The summed E-state index contributed by atoms with van der Waals surface area (Å²) in [5, 5.41) is 4.25. The molecule has 0 saturated heterocycles. The summed E-state index contributed by atoms with van der Waals surface area (Å²) in [4.78, 5) is 0. The van der Waals surface area contributed by atoms with Crippen LogP contribution >= 0.6 is 11.3 Å². The zero-order chi connectivity index (χ0) is 11.4. The molecular formula is C13H21NOS. The van der Waals surface area contributed by atoms with Gasteiger partial charge in [-0.15, -0.1) is 0 Å². The van der Waals surface area contributed by atoms with Gasteiger partial charge in [-0.25, -0.2) is 0 Å². The number of rotatable bonds is 4. The van der Waals surface area contributed by atoms with E-state index in [0.717, 1.165) is 19.4 Å². The van der Waals surface area contributed by atoms with Crippen LogP contribution in [0.5, 0.6) is 0 Å². The number of hydrogen-bond acceptors (Lipinski definition) is 3. The lowest BCUT2D eigenvalue weighted by molar-refractivity contribution is -0.0830. The maximum atomic E-state index is 6.42. The van der Waals surface area contributed by atoms with Crippen LogP contribution in [-0.2, 0) is 4.74 Å². The molecule has 2 nitrogen and oxygen atoms in total. The normalized spacial score (nSPS) is 21.9. The standard InChI is InChI=1S/C13H21NOS/c1-2-15-13(7-4-3-5-8-13)12(14)11-6-9-16-10-11/h6,9-10,12H,2-5,7-8,14H2,1H3. The predicted octanol–water partition coefficient (Wildman–Crippen LogP) is 3.49. The van der Waals surface area contributed by atoms with Crippen molar-refractivity contribution in [1.82, 2.24) is 0 Å². The predicted molar refractivity (Wildman–Crippen MR) is 68.7 cm³/mol. The van der Waals surface area contributed by atoms with Crippen LogP contribution in [0.1, 0.15) is 50.6 Å². The lowest BCUT2D eigenvalue weighted by Gasteiger charge is -2.41. The van der Waals surface area contributed by atoms with Crippen molar-refractivity contribution in [3.63, 3.8) is 0 Å². The van der Waals surface area contributed by atoms with E-state index in [1.807, 2.05) is 0 Å². The smallest absolute Gasteiger partial charge is 0.0874 e. The molecule has 1 unspecified atom stereocenters. The number of hydrogen-bond donors (Lipinski definition) is 1. The fraction of sp³-hybridized carbons (Fsp3) is 0.692. The average molecular weight is 239 g/mol. The van der Waals surface area contributed by atoms with Crippen LogP contribution in [0.2, 0.25) is 0 Å². The molecule has 1 fully saturated rings. The van der Waals surface area contributed by atoms with Crippen molar-refractivity contribution in [2.45, 2.75) is 50.7 Å². The molecule has 0 aliphatic heterocycles. The van der Waals surface area contributed by atoms with E-state index in [-0.39, 0.29) is 11.6 Å². The molecule has 16 heavy (non-hydrogen) atoms. The second kappa shape index (κ2) is 5.30. The summed E-state index contributed by atoms with van der Waals surface area (Å²) >= 11 is 1.71. The third-order valence-corrected chi connectivity index (χ3v) is 4.30. The first-order valence-corrected chi connectivity index (χ1v) is 7.14. The number of nitrogens with two attached hydrogens (primary N) is 1. The van der Waals surface area contributed by atoms with Crippen LogP contribution in [-0.4, -0.2) is 12.2 Å². The van der Waals surface area contributed by atoms with Gasteiger partial charge in [-0.05, 0) is 42.2 Å². The Bertz CT molecular complexity index is 298. The summed E-state index contributed by atoms with van der Waals surface area (Å²) in [5.74, 6) is 0. The van der Waals surface area contributed by atoms with Gasteiger partial charge in [0, 0.05) is 6.61 Å². The molecule has 0 radical (unpaired) electrons. The van der Waals surface area contributed by atoms with Gasteiger partial charge >= 0.3 is 0 Å². The lowest BCUT2D eigenvalue weighted by Crippen LogP contribution is -2.45. The zero-order valence-electron chi connectivity index (χ0n) is 9.95. The first-order chi connectivity index (χ1) is 7.78. The quantitative estimate of drug-likeness (QED) is 0.873. The Balaban J connectivity index is 2.17. The molecule has 2 N–H and O–H groups in total. The van der Waals surface area contributed by atoms with Gasteiger partial charge in [0.25, 0.3) is 0 Å². The molecule has 0 bridgehead atoms. The molecule has 1 atom stereocenters. The first-order valence-electron chi connectivity index (χ1n) is 6.20. The largest absolute Gasteiger partial charge is 0.373 e.